The number of guanidine groups is 1. The fourth-order valence-electron chi connectivity index (χ4n) is 2.25. The standard InChI is InChI=1S/C12H26N4/c1-4-10-5-7-11(8-6-10)15-12(16-13)14-9(2)3/h9-11H,4-8,13H2,1-3H3,(H2,14,15,16). The van der Waals surface area contributed by atoms with E-state index in [1.807, 2.05) is 0 Å². The van der Waals surface area contributed by atoms with Crippen molar-refractivity contribution in [1.82, 2.24) is 10.7 Å². The highest BCUT2D eigenvalue weighted by atomic mass is 15.3. The lowest BCUT2D eigenvalue weighted by molar-refractivity contribution is 0.319. The second-order valence-electron chi connectivity index (χ2n) is 5.00. The summed E-state index contributed by atoms with van der Waals surface area (Å²) >= 11 is 0. The minimum Gasteiger partial charge on any atom is -0.353 e. The third-order valence-electron chi connectivity index (χ3n) is 3.27. The van der Waals surface area contributed by atoms with Crippen LogP contribution in [0.3, 0.4) is 0 Å². The summed E-state index contributed by atoms with van der Waals surface area (Å²) in [6.45, 7) is 6.45. The van der Waals surface area contributed by atoms with Crippen molar-refractivity contribution in [3.05, 3.63) is 0 Å². The molecule has 4 heteroatoms. The molecule has 0 bridgehead atoms. The Morgan fingerprint density at radius 1 is 1.31 bits per heavy atom. The molecule has 0 amide bonds. The smallest absolute Gasteiger partial charge is 0.206 e. The Bertz CT molecular complexity index is 217. The molecule has 1 fully saturated rings. The van der Waals surface area contributed by atoms with E-state index in [9.17, 15) is 0 Å². The first-order valence-electron chi connectivity index (χ1n) is 6.46. The Morgan fingerprint density at radius 3 is 2.38 bits per heavy atom. The highest BCUT2D eigenvalue weighted by Gasteiger charge is 2.19. The van der Waals surface area contributed by atoms with Crippen LogP contribution >= 0.6 is 0 Å². The lowest BCUT2D eigenvalue weighted by atomic mass is 9.85. The maximum Gasteiger partial charge on any atom is 0.206 e. The van der Waals surface area contributed by atoms with E-state index in [2.05, 4.69) is 36.5 Å². The van der Waals surface area contributed by atoms with Crippen LogP contribution in [0.15, 0.2) is 4.99 Å². The molecule has 0 aromatic heterocycles. The Morgan fingerprint density at radius 2 is 1.94 bits per heavy atom. The third-order valence-corrected chi connectivity index (χ3v) is 3.27. The molecular formula is C12H26N4. The van der Waals surface area contributed by atoms with E-state index in [0.717, 1.165) is 11.9 Å². The topological polar surface area (TPSA) is 62.4 Å². The van der Waals surface area contributed by atoms with Gasteiger partial charge in [-0.25, -0.2) is 10.8 Å². The fourth-order valence-corrected chi connectivity index (χ4v) is 2.25. The van der Waals surface area contributed by atoms with Gasteiger partial charge in [0.1, 0.15) is 0 Å². The SMILES string of the molecule is CCC1CCC(N=C(NN)NC(C)C)CC1. The lowest BCUT2D eigenvalue weighted by Crippen LogP contribution is -2.45. The molecule has 94 valence electrons. The minimum atomic E-state index is 0.363. The molecule has 0 heterocycles. The zero-order valence-electron chi connectivity index (χ0n) is 10.8. The van der Waals surface area contributed by atoms with Crippen LogP contribution in [0.1, 0.15) is 52.9 Å². The third kappa shape index (κ3) is 4.39. The van der Waals surface area contributed by atoms with Gasteiger partial charge in [0.15, 0.2) is 0 Å². The van der Waals surface area contributed by atoms with E-state index in [1.165, 1.54) is 32.1 Å². The summed E-state index contributed by atoms with van der Waals surface area (Å²) in [6.07, 6.45) is 6.32. The Balaban J connectivity index is 2.42. The van der Waals surface area contributed by atoms with E-state index in [0.29, 0.717) is 12.1 Å². The minimum absolute atomic E-state index is 0.363. The summed E-state index contributed by atoms with van der Waals surface area (Å²) in [6, 6.07) is 0.807. The van der Waals surface area contributed by atoms with E-state index in [-0.39, 0.29) is 0 Å². The van der Waals surface area contributed by atoms with Crippen LogP contribution in [0.5, 0.6) is 0 Å². The largest absolute Gasteiger partial charge is 0.353 e. The molecule has 1 rings (SSSR count). The van der Waals surface area contributed by atoms with Crippen molar-refractivity contribution < 1.29 is 0 Å². The second kappa shape index (κ2) is 6.74. The van der Waals surface area contributed by atoms with Crippen molar-refractivity contribution in [3.8, 4) is 0 Å². The van der Waals surface area contributed by atoms with Gasteiger partial charge in [0.2, 0.25) is 5.96 Å². The van der Waals surface area contributed by atoms with Gasteiger partial charge in [-0.15, -0.1) is 0 Å². The maximum absolute atomic E-state index is 5.45. The van der Waals surface area contributed by atoms with Gasteiger partial charge in [0, 0.05) is 6.04 Å². The molecule has 0 aliphatic heterocycles. The van der Waals surface area contributed by atoms with Crippen molar-refractivity contribution >= 4 is 5.96 Å². The van der Waals surface area contributed by atoms with E-state index >= 15 is 0 Å². The molecular weight excluding hydrogens is 200 g/mol. The average Bonchev–Trinajstić information content (AvgIpc) is 2.28. The van der Waals surface area contributed by atoms with Crippen LogP contribution in [-0.2, 0) is 0 Å². The lowest BCUT2D eigenvalue weighted by Gasteiger charge is -2.26. The zero-order valence-corrected chi connectivity index (χ0v) is 10.8. The predicted molar refractivity (Wildman–Crippen MR) is 69.1 cm³/mol. The first-order chi connectivity index (χ1) is 7.65. The molecule has 1 saturated carbocycles. The summed E-state index contributed by atoms with van der Waals surface area (Å²) in [7, 11) is 0. The molecule has 16 heavy (non-hydrogen) atoms. The van der Waals surface area contributed by atoms with Gasteiger partial charge in [-0.3, -0.25) is 5.43 Å². The van der Waals surface area contributed by atoms with Crippen molar-refractivity contribution in [2.75, 3.05) is 0 Å². The predicted octanol–water partition coefficient (Wildman–Crippen LogP) is 1.77. The van der Waals surface area contributed by atoms with Crippen molar-refractivity contribution in [2.24, 2.45) is 16.8 Å². The first-order valence-corrected chi connectivity index (χ1v) is 6.46. The zero-order chi connectivity index (χ0) is 12.0. The molecule has 0 saturated heterocycles. The normalized spacial score (nSPS) is 26.9. The van der Waals surface area contributed by atoms with Gasteiger partial charge in [-0.2, -0.15) is 0 Å². The van der Waals surface area contributed by atoms with Gasteiger partial charge in [-0.05, 0) is 45.4 Å². The maximum atomic E-state index is 5.45. The molecule has 1 aliphatic carbocycles. The van der Waals surface area contributed by atoms with Crippen LogP contribution in [-0.4, -0.2) is 18.0 Å². The van der Waals surface area contributed by atoms with Gasteiger partial charge in [0.25, 0.3) is 0 Å². The number of nitrogens with one attached hydrogen (secondary N) is 2. The van der Waals surface area contributed by atoms with Gasteiger partial charge in [0.05, 0.1) is 6.04 Å². The monoisotopic (exact) mass is 226 g/mol. The summed E-state index contributed by atoms with van der Waals surface area (Å²) < 4.78 is 0. The second-order valence-corrected chi connectivity index (χ2v) is 5.00. The Labute approximate surface area is 99.1 Å². The molecule has 4 nitrogen and oxygen atoms in total. The Kier molecular flexibility index (Phi) is 5.60. The number of aliphatic imine (C=N–C) groups is 1. The number of nitrogens with zero attached hydrogens (tertiary/aromatic N) is 1. The number of hydrogen-bond donors (Lipinski definition) is 3. The van der Waals surface area contributed by atoms with Crippen molar-refractivity contribution in [3.63, 3.8) is 0 Å². The molecule has 0 aromatic carbocycles. The molecule has 0 unspecified atom stereocenters. The van der Waals surface area contributed by atoms with Crippen LogP contribution in [0.2, 0.25) is 0 Å². The van der Waals surface area contributed by atoms with E-state index in [4.69, 9.17) is 5.84 Å². The fraction of sp³-hybridized carbons (Fsp3) is 0.917. The molecule has 1 aliphatic rings. The summed E-state index contributed by atoms with van der Waals surface area (Å²) in [4.78, 5) is 4.63. The highest BCUT2D eigenvalue weighted by Crippen LogP contribution is 2.28. The van der Waals surface area contributed by atoms with Crippen LogP contribution in [0.25, 0.3) is 0 Å². The molecule has 0 aromatic rings. The quantitative estimate of drug-likeness (QED) is 0.297. The summed E-state index contributed by atoms with van der Waals surface area (Å²) in [5.74, 6) is 7.10. The van der Waals surface area contributed by atoms with Gasteiger partial charge in [-0.1, -0.05) is 13.3 Å². The number of hydrogen-bond acceptors (Lipinski definition) is 2. The molecule has 0 atom stereocenters. The number of hydrazine groups is 1. The van der Waals surface area contributed by atoms with Crippen LogP contribution in [0, 0.1) is 5.92 Å². The van der Waals surface area contributed by atoms with Crippen molar-refractivity contribution in [2.45, 2.75) is 65.0 Å². The van der Waals surface area contributed by atoms with Gasteiger partial charge >= 0.3 is 0 Å². The number of rotatable bonds is 3. The summed E-state index contributed by atoms with van der Waals surface area (Å²) in [5.41, 5.74) is 2.64. The average molecular weight is 226 g/mol. The van der Waals surface area contributed by atoms with Crippen LogP contribution in [0.4, 0.5) is 0 Å². The van der Waals surface area contributed by atoms with E-state index < -0.39 is 0 Å². The Hall–Kier alpha value is -0.770. The van der Waals surface area contributed by atoms with E-state index in [1.54, 1.807) is 0 Å². The highest BCUT2D eigenvalue weighted by molar-refractivity contribution is 5.79. The first kappa shape index (κ1) is 13.3. The summed E-state index contributed by atoms with van der Waals surface area (Å²) in [5, 5.41) is 3.22. The van der Waals surface area contributed by atoms with Gasteiger partial charge < -0.3 is 5.32 Å². The van der Waals surface area contributed by atoms with Crippen LogP contribution < -0.4 is 16.6 Å². The number of nitrogens with two attached hydrogens (primary N) is 1. The van der Waals surface area contributed by atoms with Crippen molar-refractivity contribution in [1.29, 1.82) is 0 Å². The molecule has 0 radical (unpaired) electrons. The molecule has 4 N–H and O–H groups in total. The molecule has 0 spiro atoms.